The Morgan fingerprint density at radius 3 is 2.42 bits per heavy atom. The smallest absolute Gasteiger partial charge is 0.351 e. The van der Waals surface area contributed by atoms with Gasteiger partial charge in [0.15, 0.2) is 0 Å². The third-order valence-electron chi connectivity index (χ3n) is 2.18. The molecular weight excluding hydrogens is 183 g/mol. The predicted octanol–water partition coefficient (Wildman–Crippen LogP) is -0.0909. The van der Waals surface area contributed by atoms with Gasteiger partial charge in [-0.05, 0) is 12.3 Å². The van der Waals surface area contributed by atoms with Gasteiger partial charge in [0.25, 0.3) is 0 Å². The zero-order valence-corrected chi connectivity index (χ0v) is 7.70. The summed E-state index contributed by atoms with van der Waals surface area (Å²) in [4.78, 5) is 17.0. The van der Waals surface area contributed by atoms with Crippen molar-refractivity contribution in [3.8, 4) is 0 Å². The molecule has 0 aliphatic heterocycles. The van der Waals surface area contributed by atoms with Crippen molar-refractivity contribution in [2.24, 2.45) is 5.92 Å². The monoisotopic (exact) mass is 196 g/mol. The molecule has 6 heteroatoms. The number of hydrogen-bond acceptors (Lipinski definition) is 3. The Kier molecular flexibility index (Phi) is 2.61. The van der Waals surface area contributed by atoms with Crippen LogP contribution in [0.1, 0.15) is 13.3 Å². The SMILES string of the molecule is C[C@@H]1C[C@@]1(CO)OCP(=O)(O)O. The lowest BCUT2D eigenvalue weighted by Gasteiger charge is -2.14. The molecule has 1 fully saturated rings. The molecule has 0 spiro atoms. The molecule has 0 saturated heterocycles. The number of aliphatic hydroxyl groups is 1. The van der Waals surface area contributed by atoms with Gasteiger partial charge in [-0.25, -0.2) is 0 Å². The first kappa shape index (κ1) is 10.2. The molecule has 5 nitrogen and oxygen atoms in total. The Hall–Kier alpha value is 0.0700. The molecule has 72 valence electrons. The maximum absolute atomic E-state index is 10.4. The van der Waals surface area contributed by atoms with Crippen LogP contribution in [0.4, 0.5) is 0 Å². The fourth-order valence-corrected chi connectivity index (χ4v) is 1.56. The Bertz CT molecular complexity index is 208. The highest BCUT2D eigenvalue weighted by molar-refractivity contribution is 7.51. The molecule has 1 aliphatic rings. The molecule has 0 amide bonds. The van der Waals surface area contributed by atoms with Gasteiger partial charge in [0.1, 0.15) is 6.35 Å². The largest absolute Gasteiger partial charge is 0.393 e. The molecule has 0 heterocycles. The van der Waals surface area contributed by atoms with E-state index in [1.54, 1.807) is 0 Å². The van der Waals surface area contributed by atoms with E-state index in [0.29, 0.717) is 6.42 Å². The number of hydrogen-bond donors (Lipinski definition) is 3. The highest BCUT2D eigenvalue weighted by Crippen LogP contribution is 2.49. The lowest BCUT2D eigenvalue weighted by atomic mass is 10.3. The highest BCUT2D eigenvalue weighted by Gasteiger charge is 2.52. The van der Waals surface area contributed by atoms with Crippen LogP contribution in [0.2, 0.25) is 0 Å². The zero-order valence-electron chi connectivity index (χ0n) is 6.80. The highest BCUT2D eigenvalue weighted by atomic mass is 31.2. The lowest BCUT2D eigenvalue weighted by molar-refractivity contribution is 0.000104. The van der Waals surface area contributed by atoms with Crippen LogP contribution in [0.5, 0.6) is 0 Å². The Morgan fingerprint density at radius 1 is 1.67 bits per heavy atom. The summed E-state index contributed by atoms with van der Waals surface area (Å²) < 4.78 is 15.4. The van der Waals surface area contributed by atoms with Crippen LogP contribution in [0.3, 0.4) is 0 Å². The van der Waals surface area contributed by atoms with Crippen LogP contribution in [0, 0.1) is 5.92 Å². The second-order valence-corrected chi connectivity index (χ2v) is 4.85. The van der Waals surface area contributed by atoms with Crippen LogP contribution in [-0.4, -0.2) is 33.4 Å². The molecule has 12 heavy (non-hydrogen) atoms. The van der Waals surface area contributed by atoms with Crippen LogP contribution >= 0.6 is 7.60 Å². The van der Waals surface area contributed by atoms with Crippen molar-refractivity contribution in [1.29, 1.82) is 0 Å². The van der Waals surface area contributed by atoms with Gasteiger partial charge in [0, 0.05) is 0 Å². The molecule has 0 radical (unpaired) electrons. The third-order valence-corrected chi connectivity index (χ3v) is 2.64. The van der Waals surface area contributed by atoms with Gasteiger partial charge in [0.2, 0.25) is 0 Å². The Morgan fingerprint density at radius 2 is 2.17 bits per heavy atom. The summed E-state index contributed by atoms with van der Waals surface area (Å²) in [6.45, 7) is 1.70. The summed E-state index contributed by atoms with van der Waals surface area (Å²) in [5.41, 5.74) is -0.679. The lowest BCUT2D eigenvalue weighted by Crippen LogP contribution is -2.22. The normalized spacial score (nSPS) is 35.2. The number of ether oxygens (including phenoxy) is 1. The quantitative estimate of drug-likeness (QED) is 0.547. The first-order valence-corrected chi connectivity index (χ1v) is 5.49. The van der Waals surface area contributed by atoms with E-state index in [4.69, 9.17) is 19.6 Å². The van der Waals surface area contributed by atoms with Gasteiger partial charge < -0.3 is 19.6 Å². The summed E-state index contributed by atoms with van der Waals surface area (Å²) in [6.07, 6.45) is 0.0708. The average Bonchev–Trinajstić information content (AvgIpc) is 2.57. The van der Waals surface area contributed by atoms with E-state index in [-0.39, 0.29) is 12.5 Å². The van der Waals surface area contributed by atoms with Crippen LogP contribution < -0.4 is 0 Å². The number of aliphatic hydroxyl groups excluding tert-OH is 1. The minimum absolute atomic E-state index is 0.172. The maximum atomic E-state index is 10.4. The first-order chi connectivity index (χ1) is 5.40. The van der Waals surface area contributed by atoms with Crippen molar-refractivity contribution in [1.82, 2.24) is 0 Å². The zero-order chi connectivity index (χ0) is 9.41. The van der Waals surface area contributed by atoms with E-state index >= 15 is 0 Å². The van der Waals surface area contributed by atoms with Crippen molar-refractivity contribution in [3.05, 3.63) is 0 Å². The van der Waals surface area contributed by atoms with Crippen LogP contribution in [0.15, 0.2) is 0 Å². The fraction of sp³-hybridized carbons (Fsp3) is 1.00. The molecule has 0 unspecified atom stereocenters. The second-order valence-electron chi connectivity index (χ2n) is 3.27. The molecule has 0 aromatic heterocycles. The molecule has 0 bridgehead atoms. The van der Waals surface area contributed by atoms with E-state index in [1.165, 1.54) is 0 Å². The molecule has 1 saturated carbocycles. The van der Waals surface area contributed by atoms with Crippen molar-refractivity contribution >= 4 is 7.60 Å². The van der Waals surface area contributed by atoms with Gasteiger partial charge in [0.05, 0.1) is 12.2 Å². The van der Waals surface area contributed by atoms with E-state index < -0.39 is 19.5 Å². The van der Waals surface area contributed by atoms with Gasteiger partial charge in [-0.15, -0.1) is 0 Å². The van der Waals surface area contributed by atoms with E-state index in [9.17, 15) is 4.57 Å². The van der Waals surface area contributed by atoms with Crippen LogP contribution in [0.25, 0.3) is 0 Å². The fourth-order valence-electron chi connectivity index (χ4n) is 1.14. The summed E-state index contributed by atoms with van der Waals surface area (Å²) in [7, 11) is -4.10. The molecular formula is C6H13O5P. The Balaban J connectivity index is 2.37. The van der Waals surface area contributed by atoms with Gasteiger partial charge in [-0.3, -0.25) is 4.57 Å². The molecule has 0 aromatic carbocycles. The third kappa shape index (κ3) is 2.28. The van der Waals surface area contributed by atoms with Gasteiger partial charge in [-0.1, -0.05) is 6.92 Å². The summed E-state index contributed by atoms with van der Waals surface area (Å²) in [5.74, 6) is 0.189. The maximum Gasteiger partial charge on any atom is 0.351 e. The van der Waals surface area contributed by atoms with Crippen molar-refractivity contribution in [2.45, 2.75) is 18.9 Å². The predicted molar refractivity (Wildman–Crippen MR) is 41.6 cm³/mol. The van der Waals surface area contributed by atoms with Crippen molar-refractivity contribution in [2.75, 3.05) is 13.0 Å². The van der Waals surface area contributed by atoms with E-state index in [2.05, 4.69) is 0 Å². The molecule has 3 N–H and O–H groups in total. The summed E-state index contributed by atoms with van der Waals surface area (Å²) >= 11 is 0. The molecule has 0 aromatic rings. The van der Waals surface area contributed by atoms with E-state index in [0.717, 1.165) is 0 Å². The Labute approximate surface area is 70.5 Å². The summed E-state index contributed by atoms with van der Waals surface area (Å²) in [5, 5.41) is 8.85. The van der Waals surface area contributed by atoms with Crippen LogP contribution in [-0.2, 0) is 9.30 Å². The second kappa shape index (κ2) is 3.09. The minimum Gasteiger partial charge on any atom is -0.393 e. The van der Waals surface area contributed by atoms with Crippen molar-refractivity contribution < 1.29 is 24.2 Å². The average molecular weight is 196 g/mol. The van der Waals surface area contributed by atoms with Crippen molar-refractivity contribution in [3.63, 3.8) is 0 Å². The van der Waals surface area contributed by atoms with E-state index in [1.807, 2.05) is 6.92 Å². The minimum atomic E-state index is -4.10. The molecule has 1 aliphatic carbocycles. The van der Waals surface area contributed by atoms with Gasteiger partial charge in [-0.2, -0.15) is 0 Å². The summed E-state index contributed by atoms with van der Waals surface area (Å²) in [6, 6.07) is 0. The first-order valence-electron chi connectivity index (χ1n) is 3.69. The molecule has 1 rings (SSSR count). The number of rotatable bonds is 4. The molecule has 2 atom stereocenters. The standard InChI is InChI=1S/C6H13O5P/c1-5-2-6(5,3-7)11-4-12(8,9)10/h5,7H,2-4H2,1H3,(H2,8,9,10)/t5-,6+/m1/s1. The van der Waals surface area contributed by atoms with Gasteiger partial charge >= 0.3 is 7.60 Å². The topological polar surface area (TPSA) is 87.0 Å².